The number of halogens is 2. The first-order chi connectivity index (χ1) is 9.16. The number of hydrogen-bond donors (Lipinski definition) is 1. The Hall–Kier alpha value is -0.600. The summed E-state index contributed by atoms with van der Waals surface area (Å²) in [6.45, 7) is 3.12. The second-order valence-electron chi connectivity index (χ2n) is 5.64. The van der Waals surface area contributed by atoms with Gasteiger partial charge in [0.25, 0.3) is 0 Å². The SMILES string of the molecule is CC(NCCCC1CCCC1)c1ccc(F)c(Cl)c1. The molecule has 1 nitrogen and oxygen atoms in total. The van der Waals surface area contributed by atoms with Gasteiger partial charge in [0.1, 0.15) is 5.82 Å². The van der Waals surface area contributed by atoms with Crippen molar-refractivity contribution in [1.82, 2.24) is 5.32 Å². The molecule has 0 bridgehead atoms. The monoisotopic (exact) mass is 283 g/mol. The molecule has 1 atom stereocenters. The van der Waals surface area contributed by atoms with E-state index in [9.17, 15) is 4.39 Å². The van der Waals surface area contributed by atoms with Crippen molar-refractivity contribution in [3.05, 3.63) is 34.6 Å². The lowest BCUT2D eigenvalue weighted by atomic mass is 10.0. The quantitative estimate of drug-likeness (QED) is 0.716. The van der Waals surface area contributed by atoms with E-state index in [1.54, 1.807) is 12.1 Å². The predicted octanol–water partition coefficient (Wildman–Crippen LogP) is 5.10. The normalized spacial score (nSPS) is 17.8. The van der Waals surface area contributed by atoms with Crippen LogP contribution in [-0.4, -0.2) is 6.54 Å². The molecule has 19 heavy (non-hydrogen) atoms. The van der Waals surface area contributed by atoms with Crippen LogP contribution >= 0.6 is 11.6 Å². The topological polar surface area (TPSA) is 12.0 Å². The Morgan fingerprint density at radius 2 is 2.11 bits per heavy atom. The van der Waals surface area contributed by atoms with Crippen LogP contribution in [0.3, 0.4) is 0 Å². The van der Waals surface area contributed by atoms with E-state index in [-0.39, 0.29) is 16.9 Å². The first-order valence-electron chi connectivity index (χ1n) is 7.35. The highest BCUT2D eigenvalue weighted by molar-refractivity contribution is 6.30. The second kappa shape index (κ2) is 7.25. The minimum absolute atomic E-state index is 0.206. The van der Waals surface area contributed by atoms with Gasteiger partial charge in [-0.15, -0.1) is 0 Å². The van der Waals surface area contributed by atoms with Crippen molar-refractivity contribution in [3.8, 4) is 0 Å². The lowest BCUT2D eigenvalue weighted by Crippen LogP contribution is -2.20. The van der Waals surface area contributed by atoms with Crippen molar-refractivity contribution in [2.24, 2.45) is 5.92 Å². The first kappa shape index (κ1) is 14.8. The second-order valence-corrected chi connectivity index (χ2v) is 6.05. The predicted molar refractivity (Wildman–Crippen MR) is 79.0 cm³/mol. The zero-order valence-electron chi connectivity index (χ0n) is 11.6. The van der Waals surface area contributed by atoms with Crippen molar-refractivity contribution in [1.29, 1.82) is 0 Å². The molecule has 1 saturated carbocycles. The van der Waals surface area contributed by atoms with Gasteiger partial charge in [-0.1, -0.05) is 43.4 Å². The van der Waals surface area contributed by atoms with Gasteiger partial charge in [0, 0.05) is 6.04 Å². The molecule has 1 aromatic carbocycles. The highest BCUT2D eigenvalue weighted by atomic mass is 35.5. The van der Waals surface area contributed by atoms with Crippen LogP contribution in [0.1, 0.15) is 57.1 Å². The molecule has 0 aromatic heterocycles. The van der Waals surface area contributed by atoms with Gasteiger partial charge in [-0.25, -0.2) is 4.39 Å². The number of hydrogen-bond acceptors (Lipinski definition) is 1. The molecule has 1 fully saturated rings. The zero-order valence-corrected chi connectivity index (χ0v) is 12.3. The van der Waals surface area contributed by atoms with Crippen LogP contribution in [0, 0.1) is 11.7 Å². The van der Waals surface area contributed by atoms with Gasteiger partial charge in [0.2, 0.25) is 0 Å². The van der Waals surface area contributed by atoms with E-state index < -0.39 is 0 Å². The Kier molecular flexibility index (Phi) is 5.65. The summed E-state index contributed by atoms with van der Waals surface area (Å²) in [4.78, 5) is 0. The Morgan fingerprint density at radius 3 is 2.79 bits per heavy atom. The average Bonchev–Trinajstić information content (AvgIpc) is 2.91. The lowest BCUT2D eigenvalue weighted by Gasteiger charge is -2.15. The van der Waals surface area contributed by atoms with Crippen LogP contribution in [0.15, 0.2) is 18.2 Å². The molecular formula is C16H23ClFN. The van der Waals surface area contributed by atoms with Gasteiger partial charge >= 0.3 is 0 Å². The Labute approximate surface area is 120 Å². The van der Waals surface area contributed by atoms with E-state index in [4.69, 9.17) is 11.6 Å². The summed E-state index contributed by atoms with van der Waals surface area (Å²) in [5.74, 6) is 0.608. The van der Waals surface area contributed by atoms with Gasteiger partial charge in [-0.3, -0.25) is 0 Å². The maximum absolute atomic E-state index is 13.1. The largest absolute Gasteiger partial charge is 0.310 e. The Balaban J connectivity index is 1.71. The summed E-state index contributed by atoms with van der Waals surface area (Å²) in [5.41, 5.74) is 1.05. The fourth-order valence-corrected chi connectivity index (χ4v) is 3.10. The maximum Gasteiger partial charge on any atom is 0.141 e. The van der Waals surface area contributed by atoms with Crippen LogP contribution in [0.4, 0.5) is 4.39 Å². The number of benzene rings is 1. The smallest absolute Gasteiger partial charge is 0.141 e. The van der Waals surface area contributed by atoms with Crippen LogP contribution < -0.4 is 5.32 Å². The molecule has 1 aliphatic rings. The van der Waals surface area contributed by atoms with E-state index in [0.717, 1.165) is 18.0 Å². The van der Waals surface area contributed by atoms with E-state index in [2.05, 4.69) is 12.2 Å². The molecule has 1 aromatic rings. The highest BCUT2D eigenvalue weighted by Crippen LogP contribution is 2.28. The molecule has 1 unspecified atom stereocenters. The molecular weight excluding hydrogens is 261 g/mol. The molecule has 0 aliphatic heterocycles. The van der Waals surface area contributed by atoms with Gasteiger partial charge < -0.3 is 5.32 Å². The molecule has 1 N–H and O–H groups in total. The fourth-order valence-electron chi connectivity index (χ4n) is 2.91. The highest BCUT2D eigenvalue weighted by Gasteiger charge is 2.14. The summed E-state index contributed by atoms with van der Waals surface area (Å²) in [6.07, 6.45) is 8.24. The van der Waals surface area contributed by atoms with Gasteiger partial charge in [-0.2, -0.15) is 0 Å². The Bertz CT molecular complexity index is 402. The van der Waals surface area contributed by atoms with Crippen molar-refractivity contribution in [2.75, 3.05) is 6.54 Å². The molecule has 0 radical (unpaired) electrons. The molecule has 0 amide bonds. The van der Waals surface area contributed by atoms with Crippen LogP contribution in [0.2, 0.25) is 5.02 Å². The molecule has 0 saturated heterocycles. The Morgan fingerprint density at radius 1 is 1.37 bits per heavy atom. The van der Waals surface area contributed by atoms with Crippen LogP contribution in [0.5, 0.6) is 0 Å². The van der Waals surface area contributed by atoms with Gasteiger partial charge in [0.05, 0.1) is 5.02 Å². The molecule has 1 aliphatic carbocycles. The van der Waals surface area contributed by atoms with Crippen molar-refractivity contribution >= 4 is 11.6 Å². The third-order valence-corrected chi connectivity index (χ3v) is 4.45. The molecule has 3 heteroatoms. The fraction of sp³-hybridized carbons (Fsp3) is 0.625. The lowest BCUT2D eigenvalue weighted by molar-refractivity contribution is 0.456. The summed E-state index contributed by atoms with van der Waals surface area (Å²) >= 11 is 5.80. The average molecular weight is 284 g/mol. The maximum atomic E-state index is 13.1. The summed E-state index contributed by atoms with van der Waals surface area (Å²) in [7, 11) is 0. The molecule has 0 spiro atoms. The minimum Gasteiger partial charge on any atom is -0.310 e. The summed E-state index contributed by atoms with van der Waals surface area (Å²) in [5, 5.41) is 3.69. The minimum atomic E-state index is -0.348. The van der Waals surface area contributed by atoms with Crippen LogP contribution in [0.25, 0.3) is 0 Å². The summed E-state index contributed by atoms with van der Waals surface area (Å²) in [6, 6.07) is 5.18. The summed E-state index contributed by atoms with van der Waals surface area (Å²) < 4.78 is 13.1. The number of nitrogens with one attached hydrogen (secondary N) is 1. The molecule has 2 rings (SSSR count). The third-order valence-electron chi connectivity index (χ3n) is 4.16. The first-order valence-corrected chi connectivity index (χ1v) is 7.73. The molecule has 106 valence electrons. The standard InChI is InChI=1S/C16H23ClFN/c1-12(14-8-9-16(18)15(17)11-14)19-10-4-7-13-5-2-3-6-13/h8-9,11-13,19H,2-7,10H2,1H3. The van der Waals surface area contributed by atoms with Crippen LogP contribution in [-0.2, 0) is 0 Å². The van der Waals surface area contributed by atoms with Crippen molar-refractivity contribution in [3.63, 3.8) is 0 Å². The molecule has 0 heterocycles. The van der Waals surface area contributed by atoms with Gasteiger partial charge in [0.15, 0.2) is 0 Å². The third kappa shape index (κ3) is 4.47. The van der Waals surface area contributed by atoms with Crippen molar-refractivity contribution in [2.45, 2.75) is 51.5 Å². The van der Waals surface area contributed by atoms with E-state index >= 15 is 0 Å². The van der Waals surface area contributed by atoms with Gasteiger partial charge in [-0.05, 0) is 49.9 Å². The number of rotatable bonds is 6. The van der Waals surface area contributed by atoms with E-state index in [0.29, 0.717) is 0 Å². The van der Waals surface area contributed by atoms with E-state index in [1.165, 1.54) is 44.6 Å². The van der Waals surface area contributed by atoms with E-state index in [1.807, 2.05) is 0 Å². The van der Waals surface area contributed by atoms with Crippen molar-refractivity contribution < 1.29 is 4.39 Å². The zero-order chi connectivity index (χ0) is 13.7.